The van der Waals surface area contributed by atoms with Gasteiger partial charge in [0.15, 0.2) is 5.58 Å². The van der Waals surface area contributed by atoms with Crippen molar-refractivity contribution >= 4 is 87.3 Å². The number of nitrogens with zero attached hydrogens (tertiary/aromatic N) is 2. The molecule has 0 aliphatic rings. The number of hydrogen-bond acceptors (Lipinski definition) is 3. The van der Waals surface area contributed by atoms with Gasteiger partial charge in [-0.1, -0.05) is 97.1 Å². The minimum absolute atomic E-state index is 0.333. The van der Waals surface area contributed by atoms with E-state index in [0.29, 0.717) is 11.0 Å². The Hall–Kier alpha value is -7.37. The zero-order valence-corrected chi connectivity index (χ0v) is 28.8. The minimum atomic E-state index is -0.333. The maximum atomic E-state index is 13.4. The Labute approximate surface area is 307 Å². The first-order valence-electron chi connectivity index (χ1n) is 18.1. The van der Waals surface area contributed by atoms with Gasteiger partial charge in [-0.15, -0.1) is 0 Å². The van der Waals surface area contributed by atoms with Crippen LogP contribution < -0.4 is 5.63 Å². The van der Waals surface area contributed by atoms with Gasteiger partial charge in [0, 0.05) is 48.8 Å². The lowest BCUT2D eigenvalue weighted by Crippen LogP contribution is -2.00. The summed E-state index contributed by atoms with van der Waals surface area (Å²) in [6.45, 7) is 0. The van der Waals surface area contributed by atoms with Gasteiger partial charge in [-0.2, -0.15) is 0 Å². The average molecular weight is 693 g/mol. The van der Waals surface area contributed by atoms with E-state index in [9.17, 15) is 4.79 Å². The molecule has 0 fully saturated rings. The number of benzene rings is 8. The molecule has 252 valence electrons. The first-order valence-corrected chi connectivity index (χ1v) is 18.1. The Morgan fingerprint density at radius 1 is 0.352 bits per heavy atom. The summed E-state index contributed by atoms with van der Waals surface area (Å²) in [5, 5.41) is 9.16. The molecule has 12 rings (SSSR count). The molecular formula is C49H28N2O3. The van der Waals surface area contributed by atoms with Gasteiger partial charge in [0.1, 0.15) is 11.2 Å². The molecule has 12 aromatic rings. The monoisotopic (exact) mass is 692 g/mol. The molecule has 5 nitrogen and oxygen atoms in total. The van der Waals surface area contributed by atoms with E-state index in [1.165, 1.54) is 10.8 Å². The van der Waals surface area contributed by atoms with Crippen LogP contribution in [0.4, 0.5) is 0 Å². The van der Waals surface area contributed by atoms with E-state index in [4.69, 9.17) is 8.83 Å². The summed E-state index contributed by atoms with van der Waals surface area (Å²) in [7, 11) is 0. The number of hydrogen-bond donors (Lipinski definition) is 0. The first kappa shape index (κ1) is 29.2. The minimum Gasteiger partial charge on any atom is -0.454 e. The molecule has 0 radical (unpaired) electrons. The van der Waals surface area contributed by atoms with Crippen molar-refractivity contribution in [1.82, 2.24) is 9.13 Å². The highest BCUT2D eigenvalue weighted by Crippen LogP contribution is 2.41. The van der Waals surface area contributed by atoms with E-state index < -0.39 is 0 Å². The lowest BCUT2D eigenvalue weighted by Gasteiger charge is -2.10. The molecule has 0 spiro atoms. The number of furan rings is 1. The lowest BCUT2D eigenvalue weighted by molar-refractivity contribution is 0.570. The third kappa shape index (κ3) is 4.01. The van der Waals surface area contributed by atoms with Crippen LogP contribution >= 0.6 is 0 Å². The molecule has 4 heterocycles. The van der Waals surface area contributed by atoms with Gasteiger partial charge in [-0.05, 0) is 83.9 Å². The fourth-order valence-corrected chi connectivity index (χ4v) is 8.75. The predicted molar refractivity (Wildman–Crippen MR) is 221 cm³/mol. The zero-order chi connectivity index (χ0) is 35.5. The topological polar surface area (TPSA) is 53.2 Å². The summed E-state index contributed by atoms with van der Waals surface area (Å²) in [6.07, 6.45) is 0. The quantitative estimate of drug-likeness (QED) is 0.137. The highest BCUT2D eigenvalue weighted by molar-refractivity contribution is 6.18. The molecular weight excluding hydrogens is 665 g/mol. The largest absolute Gasteiger partial charge is 0.454 e. The van der Waals surface area contributed by atoms with Crippen molar-refractivity contribution in [1.29, 1.82) is 0 Å². The van der Waals surface area contributed by atoms with Crippen LogP contribution in [0.15, 0.2) is 183 Å². The number of fused-ring (bicyclic) bond motifs is 12. The summed E-state index contributed by atoms with van der Waals surface area (Å²) < 4.78 is 16.9. The SMILES string of the molecule is O=c1oc2ccccc2c2cc3c4cc(-c5ccc6c(c5)c5ccccc5n6-c5cccc6c5oc5ccccc56)ccc4n(-c4ccccc4)c3cc12. The molecule has 0 aliphatic heterocycles. The van der Waals surface area contributed by atoms with Crippen LogP contribution in [0, 0.1) is 0 Å². The predicted octanol–water partition coefficient (Wildman–Crippen LogP) is 12.7. The second-order valence-corrected chi connectivity index (χ2v) is 14.0. The second-order valence-electron chi connectivity index (χ2n) is 14.0. The number of para-hydroxylation sites is 5. The molecule has 54 heavy (non-hydrogen) atoms. The van der Waals surface area contributed by atoms with E-state index in [0.717, 1.165) is 88.1 Å². The van der Waals surface area contributed by atoms with Crippen molar-refractivity contribution in [3.05, 3.63) is 180 Å². The van der Waals surface area contributed by atoms with Crippen LogP contribution in [0.25, 0.3) is 110 Å². The van der Waals surface area contributed by atoms with E-state index in [-0.39, 0.29) is 5.63 Å². The summed E-state index contributed by atoms with van der Waals surface area (Å²) >= 11 is 0. The Balaban J connectivity index is 1.11. The molecule has 0 amide bonds. The van der Waals surface area contributed by atoms with Gasteiger partial charge in [-0.3, -0.25) is 0 Å². The fraction of sp³-hybridized carbons (Fsp3) is 0. The highest BCUT2D eigenvalue weighted by Gasteiger charge is 2.20. The van der Waals surface area contributed by atoms with Gasteiger partial charge >= 0.3 is 5.63 Å². The average Bonchev–Trinajstić information content (AvgIpc) is 3.88. The lowest BCUT2D eigenvalue weighted by atomic mass is 9.99. The Morgan fingerprint density at radius 2 is 0.926 bits per heavy atom. The maximum absolute atomic E-state index is 13.4. The fourth-order valence-electron chi connectivity index (χ4n) is 8.75. The van der Waals surface area contributed by atoms with Crippen molar-refractivity contribution < 1.29 is 8.83 Å². The number of rotatable bonds is 3. The van der Waals surface area contributed by atoms with Crippen molar-refractivity contribution in [3.8, 4) is 22.5 Å². The molecule has 0 saturated carbocycles. The Bertz CT molecular complexity index is 3580. The molecule has 0 unspecified atom stereocenters. The van der Waals surface area contributed by atoms with Crippen LogP contribution in [0.3, 0.4) is 0 Å². The normalized spacial score (nSPS) is 12.1. The van der Waals surface area contributed by atoms with Crippen LogP contribution in [0.1, 0.15) is 0 Å². The van der Waals surface area contributed by atoms with E-state index in [1.54, 1.807) is 0 Å². The van der Waals surface area contributed by atoms with Crippen molar-refractivity contribution in [2.24, 2.45) is 0 Å². The Kier molecular flexibility index (Phi) is 5.86. The Morgan fingerprint density at radius 3 is 1.70 bits per heavy atom. The summed E-state index contributed by atoms with van der Waals surface area (Å²) in [5.41, 5.74) is 10.6. The maximum Gasteiger partial charge on any atom is 0.344 e. The molecule has 4 aromatic heterocycles. The van der Waals surface area contributed by atoms with Gasteiger partial charge in [0.25, 0.3) is 0 Å². The van der Waals surface area contributed by atoms with Crippen LogP contribution in [0.5, 0.6) is 0 Å². The molecule has 0 atom stereocenters. The number of aromatic nitrogens is 2. The van der Waals surface area contributed by atoms with E-state index in [1.807, 2.05) is 60.7 Å². The van der Waals surface area contributed by atoms with E-state index in [2.05, 4.69) is 118 Å². The third-order valence-electron chi connectivity index (χ3n) is 11.1. The molecule has 5 heteroatoms. The molecule has 0 bridgehead atoms. The van der Waals surface area contributed by atoms with Crippen LogP contribution in [0.2, 0.25) is 0 Å². The van der Waals surface area contributed by atoms with Gasteiger partial charge in [-0.25, -0.2) is 4.79 Å². The van der Waals surface area contributed by atoms with Crippen molar-refractivity contribution in [2.75, 3.05) is 0 Å². The zero-order valence-electron chi connectivity index (χ0n) is 28.8. The van der Waals surface area contributed by atoms with Crippen molar-refractivity contribution in [3.63, 3.8) is 0 Å². The van der Waals surface area contributed by atoms with Crippen LogP contribution in [-0.4, -0.2) is 9.13 Å². The van der Waals surface area contributed by atoms with Crippen molar-refractivity contribution in [2.45, 2.75) is 0 Å². The standard InChI is InChI=1S/C49H28N2O3/c52-49-40-28-45-39(27-36(40)34-15-6-9-20-47(34)54-49)38-26-30(21-23-42(38)50(45)31-11-2-1-3-12-31)29-22-24-43-37(25-29)32-13-4-7-17-41(32)51(43)44-18-10-16-35-33-14-5-8-19-46(33)53-48(35)44/h1-28H. The highest BCUT2D eigenvalue weighted by atomic mass is 16.4. The van der Waals surface area contributed by atoms with Gasteiger partial charge < -0.3 is 18.0 Å². The van der Waals surface area contributed by atoms with Gasteiger partial charge in [0.05, 0.1) is 33.1 Å². The first-order chi connectivity index (χ1) is 26.7. The second kappa shape index (κ2) is 10.8. The summed E-state index contributed by atoms with van der Waals surface area (Å²) in [4.78, 5) is 13.4. The molecule has 0 saturated heterocycles. The van der Waals surface area contributed by atoms with Crippen LogP contribution in [-0.2, 0) is 0 Å². The molecule has 0 N–H and O–H groups in total. The van der Waals surface area contributed by atoms with E-state index >= 15 is 0 Å². The smallest absolute Gasteiger partial charge is 0.344 e. The summed E-state index contributed by atoms with van der Waals surface area (Å²) in [5.74, 6) is 0. The molecule has 8 aromatic carbocycles. The molecule has 0 aliphatic carbocycles. The van der Waals surface area contributed by atoms with Gasteiger partial charge in [0.2, 0.25) is 0 Å². The summed E-state index contributed by atoms with van der Waals surface area (Å²) in [6, 6.07) is 59.0. The third-order valence-corrected chi connectivity index (χ3v) is 11.1.